The first-order valence-electron chi connectivity index (χ1n) is 8.13. The third kappa shape index (κ3) is 3.28. The molecule has 1 aromatic heterocycles. The molecule has 0 saturated heterocycles. The fourth-order valence-corrected chi connectivity index (χ4v) is 3.08. The van der Waals surface area contributed by atoms with Gasteiger partial charge in [-0.2, -0.15) is 5.10 Å². The molecule has 0 saturated carbocycles. The van der Waals surface area contributed by atoms with E-state index in [0.29, 0.717) is 25.4 Å². The number of anilines is 1. The monoisotopic (exact) mass is 351 g/mol. The molecular weight excluding hydrogens is 333 g/mol. The average molecular weight is 351 g/mol. The summed E-state index contributed by atoms with van der Waals surface area (Å²) in [6.07, 6.45) is 0. The number of para-hydroxylation sites is 1. The van der Waals surface area contributed by atoms with Gasteiger partial charge in [-0.3, -0.25) is 9.48 Å². The Kier molecular flexibility index (Phi) is 4.24. The van der Waals surface area contributed by atoms with Crippen LogP contribution in [-0.2, 0) is 13.2 Å². The number of benzene rings is 2. The number of fused-ring (bicyclic) bond motifs is 1. The Hall–Kier alpha value is -2.65. The third-order valence-corrected chi connectivity index (χ3v) is 4.55. The number of nitrogens with zero attached hydrogens (tertiary/aromatic N) is 3. The van der Waals surface area contributed by atoms with Crippen LogP contribution < -0.4 is 14.9 Å². The first-order chi connectivity index (χ1) is 12.2. The smallest absolute Gasteiger partial charge is 0.276 e. The molecule has 3 aromatic rings. The molecule has 0 fully saturated rings. The molecule has 2 aromatic carbocycles. The zero-order valence-corrected chi connectivity index (χ0v) is 14.8. The minimum absolute atomic E-state index is 0.0267. The van der Waals surface area contributed by atoms with Crippen LogP contribution >= 0.6 is 9.24 Å². The van der Waals surface area contributed by atoms with E-state index in [0.717, 1.165) is 22.4 Å². The molecular formula is C19H18N3O2P. The first-order valence-corrected chi connectivity index (χ1v) is 8.70. The largest absolute Gasteiger partial charge is 0.487 e. The van der Waals surface area contributed by atoms with Gasteiger partial charge >= 0.3 is 0 Å². The Morgan fingerprint density at radius 2 is 1.80 bits per heavy atom. The molecule has 6 heteroatoms. The Labute approximate surface area is 148 Å². The van der Waals surface area contributed by atoms with Crippen LogP contribution in [0, 0.1) is 0 Å². The lowest BCUT2D eigenvalue weighted by Gasteiger charge is -2.27. The molecule has 1 aliphatic rings. The van der Waals surface area contributed by atoms with E-state index >= 15 is 0 Å². The van der Waals surface area contributed by atoms with Gasteiger partial charge in [-0.25, -0.2) is 0 Å². The SMILES string of the molecule is O=C1c2cc(COc3ccccc3)nn2CCN1c1ccc(P)cc1. The second kappa shape index (κ2) is 6.69. The lowest BCUT2D eigenvalue weighted by molar-refractivity contribution is 0.0962. The number of hydrogen-bond donors (Lipinski definition) is 0. The average Bonchev–Trinajstić information content (AvgIpc) is 3.06. The van der Waals surface area contributed by atoms with Gasteiger partial charge < -0.3 is 9.64 Å². The van der Waals surface area contributed by atoms with Gasteiger partial charge in [0.15, 0.2) is 0 Å². The molecule has 5 nitrogen and oxygen atoms in total. The molecule has 0 aliphatic carbocycles. The number of hydrogen-bond acceptors (Lipinski definition) is 3. The number of carbonyl (C=O) groups is 1. The van der Waals surface area contributed by atoms with Crippen molar-refractivity contribution in [3.8, 4) is 5.75 Å². The summed E-state index contributed by atoms with van der Waals surface area (Å²) in [6.45, 7) is 1.64. The third-order valence-electron chi connectivity index (χ3n) is 4.16. The van der Waals surface area contributed by atoms with E-state index in [9.17, 15) is 4.79 Å². The number of ether oxygens (including phenoxy) is 1. The highest BCUT2D eigenvalue weighted by Gasteiger charge is 2.27. The quantitative estimate of drug-likeness (QED) is 0.679. The maximum Gasteiger partial charge on any atom is 0.276 e. The van der Waals surface area contributed by atoms with Crippen molar-refractivity contribution >= 4 is 26.1 Å². The van der Waals surface area contributed by atoms with Crippen LogP contribution in [0.1, 0.15) is 16.2 Å². The van der Waals surface area contributed by atoms with E-state index in [1.807, 2.05) is 60.7 Å². The van der Waals surface area contributed by atoms with Gasteiger partial charge in [-0.15, -0.1) is 9.24 Å². The van der Waals surface area contributed by atoms with Gasteiger partial charge in [0.05, 0.1) is 6.54 Å². The van der Waals surface area contributed by atoms with Crippen molar-refractivity contribution in [2.45, 2.75) is 13.2 Å². The highest BCUT2D eigenvalue weighted by molar-refractivity contribution is 7.27. The highest BCUT2D eigenvalue weighted by Crippen LogP contribution is 2.21. The maximum atomic E-state index is 12.8. The van der Waals surface area contributed by atoms with Crippen LogP contribution in [0.15, 0.2) is 60.7 Å². The van der Waals surface area contributed by atoms with Crippen LogP contribution in [0.2, 0.25) is 0 Å². The van der Waals surface area contributed by atoms with Gasteiger partial charge in [0.1, 0.15) is 23.7 Å². The lowest BCUT2D eigenvalue weighted by Crippen LogP contribution is -2.40. The van der Waals surface area contributed by atoms with Crippen molar-refractivity contribution in [1.82, 2.24) is 9.78 Å². The molecule has 1 amide bonds. The van der Waals surface area contributed by atoms with Gasteiger partial charge in [-0.05, 0) is 35.6 Å². The second-order valence-electron chi connectivity index (χ2n) is 5.89. The van der Waals surface area contributed by atoms with Crippen molar-refractivity contribution < 1.29 is 9.53 Å². The zero-order valence-electron chi connectivity index (χ0n) is 13.6. The normalized spacial score (nSPS) is 13.6. The second-order valence-corrected chi connectivity index (χ2v) is 6.56. The van der Waals surface area contributed by atoms with E-state index in [1.54, 1.807) is 9.58 Å². The molecule has 1 atom stereocenters. The fourth-order valence-electron chi connectivity index (χ4n) is 2.89. The molecule has 126 valence electrons. The molecule has 4 rings (SSSR count). The Morgan fingerprint density at radius 3 is 2.56 bits per heavy atom. The van der Waals surface area contributed by atoms with E-state index in [2.05, 4.69) is 14.3 Å². The topological polar surface area (TPSA) is 47.4 Å². The maximum absolute atomic E-state index is 12.8. The molecule has 2 heterocycles. The van der Waals surface area contributed by atoms with Gasteiger partial charge in [0.25, 0.3) is 5.91 Å². The summed E-state index contributed by atoms with van der Waals surface area (Å²) in [5.41, 5.74) is 2.27. The summed E-state index contributed by atoms with van der Waals surface area (Å²) in [5.74, 6) is 0.764. The molecule has 1 aliphatic heterocycles. The van der Waals surface area contributed by atoms with Crippen LogP contribution in [0.4, 0.5) is 5.69 Å². The Balaban J connectivity index is 1.51. The number of aromatic nitrogens is 2. The minimum atomic E-state index is -0.0267. The van der Waals surface area contributed by atoms with Gasteiger partial charge in [0, 0.05) is 12.2 Å². The minimum Gasteiger partial charge on any atom is -0.487 e. The van der Waals surface area contributed by atoms with Crippen molar-refractivity contribution in [1.29, 1.82) is 0 Å². The van der Waals surface area contributed by atoms with E-state index in [-0.39, 0.29) is 5.91 Å². The predicted molar refractivity (Wildman–Crippen MR) is 100 cm³/mol. The molecule has 0 N–H and O–H groups in total. The molecule has 0 spiro atoms. The molecule has 0 radical (unpaired) electrons. The standard InChI is InChI=1S/C19H18N3O2P/c23-19-18-12-14(13-24-16-4-2-1-3-5-16)20-22(18)11-10-21(19)15-6-8-17(25)9-7-15/h1-9,12H,10-11,13,25H2. The summed E-state index contributed by atoms with van der Waals surface area (Å²) < 4.78 is 7.50. The lowest BCUT2D eigenvalue weighted by atomic mass is 10.2. The van der Waals surface area contributed by atoms with E-state index < -0.39 is 0 Å². The molecule has 25 heavy (non-hydrogen) atoms. The van der Waals surface area contributed by atoms with Crippen LogP contribution in [-0.4, -0.2) is 22.2 Å². The number of rotatable bonds is 4. The summed E-state index contributed by atoms with van der Waals surface area (Å²) in [4.78, 5) is 14.6. The summed E-state index contributed by atoms with van der Waals surface area (Å²) in [6, 6.07) is 19.3. The summed E-state index contributed by atoms with van der Waals surface area (Å²) in [5, 5.41) is 5.60. The number of carbonyl (C=O) groups excluding carboxylic acids is 1. The highest BCUT2D eigenvalue weighted by atomic mass is 31.0. The summed E-state index contributed by atoms with van der Waals surface area (Å²) in [7, 11) is 2.65. The van der Waals surface area contributed by atoms with Crippen molar-refractivity contribution in [2.24, 2.45) is 0 Å². The van der Waals surface area contributed by atoms with Crippen LogP contribution in [0.3, 0.4) is 0 Å². The zero-order chi connectivity index (χ0) is 17.2. The predicted octanol–water partition coefficient (Wildman–Crippen LogP) is 2.62. The van der Waals surface area contributed by atoms with Gasteiger partial charge in [-0.1, -0.05) is 30.3 Å². The Morgan fingerprint density at radius 1 is 1.04 bits per heavy atom. The molecule has 1 unspecified atom stereocenters. The molecule has 0 bridgehead atoms. The number of amides is 1. The Bertz CT molecular complexity index is 891. The van der Waals surface area contributed by atoms with Crippen molar-refractivity contribution in [3.05, 3.63) is 72.1 Å². The van der Waals surface area contributed by atoms with E-state index in [4.69, 9.17) is 4.74 Å². The fraction of sp³-hybridized carbons (Fsp3) is 0.158. The van der Waals surface area contributed by atoms with Crippen molar-refractivity contribution in [3.63, 3.8) is 0 Å². The van der Waals surface area contributed by atoms with E-state index in [1.165, 1.54) is 0 Å². The van der Waals surface area contributed by atoms with Crippen LogP contribution in [0.5, 0.6) is 5.75 Å². The van der Waals surface area contributed by atoms with Crippen molar-refractivity contribution in [2.75, 3.05) is 11.4 Å². The van der Waals surface area contributed by atoms with Crippen LogP contribution in [0.25, 0.3) is 0 Å². The van der Waals surface area contributed by atoms with Gasteiger partial charge in [0.2, 0.25) is 0 Å². The first kappa shape index (κ1) is 15.9. The summed E-state index contributed by atoms with van der Waals surface area (Å²) >= 11 is 0.